The molecular formula is C21H25ClN2. The number of nitrogens with zero attached hydrogens (tertiary/aromatic N) is 1. The number of hydrogen-bond donors (Lipinski definition) is 1. The van der Waals surface area contributed by atoms with E-state index in [0.29, 0.717) is 12.0 Å². The maximum atomic E-state index is 6.35. The van der Waals surface area contributed by atoms with Gasteiger partial charge in [0.05, 0.1) is 0 Å². The first kappa shape index (κ1) is 16.1. The molecule has 1 saturated heterocycles. The molecule has 1 aliphatic carbocycles. The average molecular weight is 341 g/mol. The molecule has 1 N–H and O–H groups in total. The lowest BCUT2D eigenvalue weighted by Crippen LogP contribution is -2.57. The molecule has 0 radical (unpaired) electrons. The standard InChI is InChI=1S/C21H25ClN2/c1-21(2)14-24(11-10-23-21)20-13-18(15-6-4-3-5-7-15)17-9-8-16(22)12-19(17)20/h3-9,12,18,20,23H,10-11,13-14H2,1-2H3/t18?,20-/m1/s1. The highest BCUT2D eigenvalue weighted by Gasteiger charge is 2.38. The van der Waals surface area contributed by atoms with Gasteiger partial charge in [-0.15, -0.1) is 0 Å². The van der Waals surface area contributed by atoms with Gasteiger partial charge in [0.2, 0.25) is 0 Å². The fourth-order valence-corrected chi connectivity index (χ4v) is 4.60. The van der Waals surface area contributed by atoms with Crippen LogP contribution in [0.25, 0.3) is 0 Å². The first-order chi connectivity index (χ1) is 11.5. The Balaban J connectivity index is 1.71. The second kappa shape index (κ2) is 6.18. The molecule has 126 valence electrons. The fourth-order valence-electron chi connectivity index (χ4n) is 4.42. The van der Waals surface area contributed by atoms with Gasteiger partial charge in [-0.1, -0.05) is 48.0 Å². The van der Waals surface area contributed by atoms with Crippen molar-refractivity contribution in [3.05, 3.63) is 70.2 Å². The zero-order valence-electron chi connectivity index (χ0n) is 14.4. The van der Waals surface area contributed by atoms with Gasteiger partial charge in [0.1, 0.15) is 0 Å². The molecule has 0 aromatic heterocycles. The van der Waals surface area contributed by atoms with Crippen LogP contribution in [0.2, 0.25) is 5.02 Å². The summed E-state index contributed by atoms with van der Waals surface area (Å²) in [6.45, 7) is 7.81. The molecule has 2 atom stereocenters. The molecule has 2 aliphatic rings. The van der Waals surface area contributed by atoms with E-state index in [4.69, 9.17) is 11.6 Å². The maximum absolute atomic E-state index is 6.35. The van der Waals surface area contributed by atoms with Crippen LogP contribution in [0.15, 0.2) is 48.5 Å². The molecular weight excluding hydrogens is 316 g/mol. The van der Waals surface area contributed by atoms with Crippen molar-refractivity contribution in [2.24, 2.45) is 0 Å². The van der Waals surface area contributed by atoms with Crippen molar-refractivity contribution in [1.82, 2.24) is 10.2 Å². The van der Waals surface area contributed by atoms with E-state index in [2.05, 4.69) is 66.5 Å². The summed E-state index contributed by atoms with van der Waals surface area (Å²) in [5, 5.41) is 4.47. The molecule has 2 aromatic rings. The SMILES string of the molecule is CC1(C)CN([C@@H]2CC(c3ccccc3)c3ccc(Cl)cc32)CCN1. The van der Waals surface area contributed by atoms with Gasteiger partial charge in [-0.05, 0) is 49.1 Å². The Labute approximate surface area is 149 Å². The van der Waals surface area contributed by atoms with Crippen LogP contribution in [-0.2, 0) is 0 Å². The summed E-state index contributed by atoms with van der Waals surface area (Å²) in [5.41, 5.74) is 4.46. The quantitative estimate of drug-likeness (QED) is 0.859. The smallest absolute Gasteiger partial charge is 0.0409 e. The molecule has 0 amide bonds. The van der Waals surface area contributed by atoms with Crippen molar-refractivity contribution in [3.63, 3.8) is 0 Å². The Kier molecular flexibility index (Phi) is 4.16. The van der Waals surface area contributed by atoms with Crippen LogP contribution in [0.3, 0.4) is 0 Å². The summed E-state index contributed by atoms with van der Waals surface area (Å²) in [6.07, 6.45) is 1.15. The largest absolute Gasteiger partial charge is 0.309 e. The van der Waals surface area contributed by atoms with Crippen molar-refractivity contribution >= 4 is 11.6 Å². The monoisotopic (exact) mass is 340 g/mol. The highest BCUT2D eigenvalue weighted by molar-refractivity contribution is 6.30. The minimum atomic E-state index is 0.168. The van der Waals surface area contributed by atoms with E-state index >= 15 is 0 Å². The highest BCUT2D eigenvalue weighted by Crippen LogP contribution is 2.47. The molecule has 1 heterocycles. The topological polar surface area (TPSA) is 15.3 Å². The van der Waals surface area contributed by atoms with Crippen LogP contribution >= 0.6 is 11.6 Å². The normalized spacial score (nSPS) is 26.3. The second-order valence-corrected chi connectivity index (χ2v) is 8.21. The van der Waals surface area contributed by atoms with Gasteiger partial charge in [0.25, 0.3) is 0 Å². The number of hydrogen-bond acceptors (Lipinski definition) is 2. The van der Waals surface area contributed by atoms with Gasteiger partial charge in [-0.2, -0.15) is 0 Å². The van der Waals surface area contributed by atoms with Gasteiger partial charge in [-0.25, -0.2) is 0 Å². The number of halogens is 1. The first-order valence-corrected chi connectivity index (χ1v) is 9.25. The van der Waals surface area contributed by atoms with E-state index in [1.165, 1.54) is 16.7 Å². The number of nitrogens with one attached hydrogen (secondary N) is 1. The lowest BCUT2D eigenvalue weighted by molar-refractivity contribution is 0.107. The van der Waals surface area contributed by atoms with Gasteiger partial charge in [0, 0.05) is 42.2 Å². The van der Waals surface area contributed by atoms with Gasteiger partial charge in [-0.3, -0.25) is 4.90 Å². The molecule has 1 unspecified atom stereocenters. The van der Waals surface area contributed by atoms with E-state index < -0.39 is 0 Å². The maximum Gasteiger partial charge on any atom is 0.0409 e. The molecule has 4 rings (SSSR count). The lowest BCUT2D eigenvalue weighted by Gasteiger charge is -2.42. The van der Waals surface area contributed by atoms with Crippen LogP contribution in [0.1, 0.15) is 48.9 Å². The van der Waals surface area contributed by atoms with Crippen LogP contribution in [0.5, 0.6) is 0 Å². The molecule has 2 nitrogen and oxygen atoms in total. The minimum absolute atomic E-state index is 0.168. The zero-order valence-corrected chi connectivity index (χ0v) is 15.2. The Hall–Kier alpha value is -1.35. The average Bonchev–Trinajstić information content (AvgIpc) is 2.93. The molecule has 24 heavy (non-hydrogen) atoms. The fraction of sp³-hybridized carbons (Fsp3) is 0.429. The van der Waals surface area contributed by atoms with E-state index in [9.17, 15) is 0 Å². The summed E-state index contributed by atoms with van der Waals surface area (Å²) >= 11 is 6.35. The highest BCUT2D eigenvalue weighted by atomic mass is 35.5. The van der Waals surface area contributed by atoms with Crippen molar-refractivity contribution in [1.29, 1.82) is 0 Å². The summed E-state index contributed by atoms with van der Waals surface area (Å²) in [4.78, 5) is 2.65. The number of fused-ring (bicyclic) bond motifs is 1. The van der Waals surface area contributed by atoms with Crippen LogP contribution in [0, 0.1) is 0 Å². The van der Waals surface area contributed by atoms with Gasteiger partial charge >= 0.3 is 0 Å². The number of rotatable bonds is 2. The second-order valence-electron chi connectivity index (χ2n) is 7.77. The Morgan fingerprint density at radius 1 is 1.08 bits per heavy atom. The molecule has 1 fully saturated rings. The van der Waals surface area contributed by atoms with E-state index in [-0.39, 0.29) is 5.54 Å². The van der Waals surface area contributed by atoms with E-state index in [1.54, 1.807) is 0 Å². The van der Waals surface area contributed by atoms with Crippen LogP contribution in [-0.4, -0.2) is 30.1 Å². The summed E-state index contributed by atoms with van der Waals surface area (Å²) < 4.78 is 0. The van der Waals surface area contributed by atoms with Crippen molar-refractivity contribution in [2.75, 3.05) is 19.6 Å². The van der Waals surface area contributed by atoms with Crippen molar-refractivity contribution in [3.8, 4) is 0 Å². The van der Waals surface area contributed by atoms with Crippen molar-refractivity contribution < 1.29 is 0 Å². The Morgan fingerprint density at radius 3 is 2.62 bits per heavy atom. The van der Waals surface area contributed by atoms with Gasteiger partial charge in [0.15, 0.2) is 0 Å². The van der Waals surface area contributed by atoms with Gasteiger partial charge < -0.3 is 5.32 Å². The van der Waals surface area contributed by atoms with Crippen LogP contribution < -0.4 is 5.32 Å². The third-order valence-corrected chi connectivity index (χ3v) is 5.72. The summed E-state index contributed by atoms with van der Waals surface area (Å²) in [5.74, 6) is 0.474. The molecule has 1 aliphatic heterocycles. The summed E-state index contributed by atoms with van der Waals surface area (Å²) in [7, 11) is 0. The molecule has 0 saturated carbocycles. The van der Waals surface area contributed by atoms with Crippen molar-refractivity contribution in [2.45, 2.75) is 37.8 Å². The third-order valence-electron chi connectivity index (χ3n) is 5.49. The zero-order chi connectivity index (χ0) is 16.7. The Morgan fingerprint density at radius 2 is 1.88 bits per heavy atom. The van der Waals surface area contributed by atoms with E-state index in [0.717, 1.165) is 31.1 Å². The van der Waals surface area contributed by atoms with Crippen LogP contribution in [0.4, 0.5) is 0 Å². The molecule has 2 aromatic carbocycles. The van der Waals surface area contributed by atoms with E-state index in [1.807, 2.05) is 6.07 Å². The number of benzene rings is 2. The predicted octanol–water partition coefficient (Wildman–Crippen LogP) is 4.60. The third kappa shape index (κ3) is 2.99. The predicted molar refractivity (Wildman–Crippen MR) is 101 cm³/mol. The Bertz CT molecular complexity index is 726. The molecule has 3 heteroatoms. The molecule has 0 spiro atoms. The lowest BCUT2D eigenvalue weighted by atomic mass is 9.93. The first-order valence-electron chi connectivity index (χ1n) is 8.87. The molecule has 0 bridgehead atoms. The minimum Gasteiger partial charge on any atom is -0.309 e. The number of piperazine rings is 1. The summed E-state index contributed by atoms with van der Waals surface area (Å²) in [6, 6.07) is 17.8.